The van der Waals surface area contributed by atoms with Gasteiger partial charge in [-0.25, -0.2) is 0 Å². The van der Waals surface area contributed by atoms with E-state index in [0.717, 1.165) is 17.7 Å². The highest BCUT2D eigenvalue weighted by molar-refractivity contribution is 7.80. The molecule has 1 rings (SSSR count). The first-order valence-electron chi connectivity index (χ1n) is 4.79. The summed E-state index contributed by atoms with van der Waals surface area (Å²) in [6.07, 6.45) is 4.60. The van der Waals surface area contributed by atoms with E-state index in [-0.39, 0.29) is 11.4 Å². The first kappa shape index (κ1) is 12.6. The molecule has 0 radical (unpaired) electrons. The van der Waals surface area contributed by atoms with Gasteiger partial charge in [0.25, 0.3) is 0 Å². The second kappa shape index (κ2) is 6.17. The van der Waals surface area contributed by atoms with E-state index in [1.807, 2.05) is 12.2 Å². The third kappa shape index (κ3) is 3.27. The molecule has 0 aliphatic carbocycles. The zero-order valence-electron chi connectivity index (χ0n) is 8.92. The van der Waals surface area contributed by atoms with Crippen LogP contribution in [-0.4, -0.2) is 17.8 Å². The highest BCUT2D eigenvalue weighted by Crippen LogP contribution is 2.27. The minimum absolute atomic E-state index is 0.0180. The van der Waals surface area contributed by atoms with Gasteiger partial charge in [0.2, 0.25) is 0 Å². The molecule has 0 spiro atoms. The van der Waals surface area contributed by atoms with Gasteiger partial charge in [-0.2, -0.15) is 12.6 Å². The standard InChI is InChI=1S/C11H13NO3S/c1-15-11-6-5-9(4-2-3-7-16)8-10(11)12(13)14/h2,4-6,8,16H,3,7H2,1H3. The van der Waals surface area contributed by atoms with Crippen LogP contribution in [0.2, 0.25) is 0 Å². The normalized spacial score (nSPS) is 10.6. The fourth-order valence-electron chi connectivity index (χ4n) is 1.25. The third-order valence-corrected chi connectivity index (χ3v) is 2.26. The minimum atomic E-state index is -0.450. The number of nitro benzene ring substituents is 1. The fourth-order valence-corrected chi connectivity index (χ4v) is 1.40. The Bertz CT molecular complexity index is 404. The van der Waals surface area contributed by atoms with Crippen LogP contribution in [-0.2, 0) is 0 Å². The molecular formula is C11H13NO3S. The number of benzene rings is 1. The molecule has 1 aromatic carbocycles. The molecule has 4 nitrogen and oxygen atoms in total. The van der Waals surface area contributed by atoms with Crippen LogP contribution in [0.3, 0.4) is 0 Å². The van der Waals surface area contributed by atoms with Crippen molar-refractivity contribution in [3.8, 4) is 5.75 Å². The van der Waals surface area contributed by atoms with E-state index >= 15 is 0 Å². The molecule has 0 aliphatic rings. The van der Waals surface area contributed by atoms with Crippen LogP contribution in [0.5, 0.6) is 5.75 Å². The summed E-state index contributed by atoms with van der Waals surface area (Å²) < 4.78 is 4.91. The van der Waals surface area contributed by atoms with Gasteiger partial charge in [0.1, 0.15) is 0 Å². The van der Waals surface area contributed by atoms with Gasteiger partial charge >= 0.3 is 5.69 Å². The highest BCUT2D eigenvalue weighted by atomic mass is 32.1. The fraction of sp³-hybridized carbons (Fsp3) is 0.273. The van der Waals surface area contributed by atoms with Crippen LogP contribution < -0.4 is 4.74 Å². The average Bonchev–Trinajstić information content (AvgIpc) is 2.29. The molecule has 1 aromatic rings. The van der Waals surface area contributed by atoms with Gasteiger partial charge in [0.05, 0.1) is 12.0 Å². The summed E-state index contributed by atoms with van der Waals surface area (Å²) in [5.74, 6) is 1.03. The van der Waals surface area contributed by atoms with Crippen LogP contribution >= 0.6 is 12.6 Å². The number of ether oxygens (including phenoxy) is 1. The smallest absolute Gasteiger partial charge is 0.311 e. The third-order valence-electron chi connectivity index (χ3n) is 2.01. The van der Waals surface area contributed by atoms with Gasteiger partial charge in [0.15, 0.2) is 5.75 Å². The number of thiol groups is 1. The van der Waals surface area contributed by atoms with Crippen molar-refractivity contribution in [3.05, 3.63) is 40.0 Å². The van der Waals surface area contributed by atoms with Crippen molar-refractivity contribution >= 4 is 24.4 Å². The van der Waals surface area contributed by atoms with Crippen LogP contribution in [0.25, 0.3) is 6.08 Å². The molecule has 0 aromatic heterocycles. The maximum absolute atomic E-state index is 10.8. The largest absolute Gasteiger partial charge is 0.490 e. The SMILES string of the molecule is COc1ccc(C=CCCS)cc1[N+](=O)[O-]. The Morgan fingerprint density at radius 3 is 2.88 bits per heavy atom. The molecular weight excluding hydrogens is 226 g/mol. The van der Waals surface area contributed by atoms with Crippen molar-refractivity contribution in [1.82, 2.24) is 0 Å². The van der Waals surface area contributed by atoms with Gasteiger partial charge in [-0.05, 0) is 23.8 Å². The molecule has 0 atom stereocenters. The van der Waals surface area contributed by atoms with E-state index in [4.69, 9.17) is 4.74 Å². The van der Waals surface area contributed by atoms with Gasteiger partial charge < -0.3 is 4.74 Å². The monoisotopic (exact) mass is 239 g/mol. The Kier molecular flexibility index (Phi) is 4.85. The van der Waals surface area contributed by atoms with Crippen LogP contribution in [0, 0.1) is 10.1 Å². The summed E-state index contributed by atoms with van der Waals surface area (Å²) in [5, 5.41) is 10.8. The van der Waals surface area contributed by atoms with E-state index in [0.29, 0.717) is 0 Å². The number of nitrogens with zero attached hydrogens (tertiary/aromatic N) is 1. The van der Waals surface area contributed by atoms with Crippen molar-refractivity contribution in [1.29, 1.82) is 0 Å². The van der Waals surface area contributed by atoms with Gasteiger partial charge in [-0.15, -0.1) is 0 Å². The maximum atomic E-state index is 10.8. The lowest BCUT2D eigenvalue weighted by Gasteiger charge is -2.01. The minimum Gasteiger partial charge on any atom is -0.490 e. The topological polar surface area (TPSA) is 52.4 Å². The van der Waals surface area contributed by atoms with Gasteiger partial charge in [0, 0.05) is 6.07 Å². The highest BCUT2D eigenvalue weighted by Gasteiger charge is 2.13. The van der Waals surface area contributed by atoms with Crippen molar-refractivity contribution in [2.45, 2.75) is 6.42 Å². The Hall–Kier alpha value is -1.49. The second-order valence-corrected chi connectivity index (χ2v) is 3.55. The molecule has 0 saturated heterocycles. The quantitative estimate of drug-likeness (QED) is 0.488. The Morgan fingerprint density at radius 2 is 2.31 bits per heavy atom. The van der Waals surface area contributed by atoms with Crippen molar-refractivity contribution in [2.75, 3.05) is 12.9 Å². The molecule has 0 bridgehead atoms. The summed E-state index contributed by atoms with van der Waals surface area (Å²) in [4.78, 5) is 10.3. The van der Waals surface area contributed by atoms with Crippen molar-refractivity contribution < 1.29 is 9.66 Å². The van der Waals surface area contributed by atoms with Gasteiger partial charge in [-0.3, -0.25) is 10.1 Å². The molecule has 0 heterocycles. The number of allylic oxidation sites excluding steroid dienone is 1. The Balaban J connectivity index is 2.98. The molecule has 0 saturated carbocycles. The lowest BCUT2D eigenvalue weighted by Crippen LogP contribution is -1.93. The lowest BCUT2D eigenvalue weighted by atomic mass is 10.1. The predicted octanol–water partition coefficient (Wildman–Crippen LogP) is 2.94. The molecule has 86 valence electrons. The van der Waals surface area contributed by atoms with Crippen LogP contribution in [0.4, 0.5) is 5.69 Å². The summed E-state index contributed by atoms with van der Waals surface area (Å²) in [6.45, 7) is 0. The number of nitro groups is 1. The molecule has 0 aliphatic heterocycles. The summed E-state index contributed by atoms with van der Waals surface area (Å²) in [5.41, 5.74) is 0.768. The molecule has 0 fully saturated rings. The summed E-state index contributed by atoms with van der Waals surface area (Å²) >= 11 is 4.07. The summed E-state index contributed by atoms with van der Waals surface area (Å²) in [6, 6.07) is 4.87. The first-order chi connectivity index (χ1) is 7.69. The second-order valence-electron chi connectivity index (χ2n) is 3.10. The van der Waals surface area contributed by atoms with Crippen LogP contribution in [0.1, 0.15) is 12.0 Å². The van der Waals surface area contributed by atoms with Crippen molar-refractivity contribution in [2.24, 2.45) is 0 Å². The predicted molar refractivity (Wildman–Crippen MR) is 67.2 cm³/mol. The number of hydrogen-bond acceptors (Lipinski definition) is 4. The van der Waals surface area contributed by atoms with E-state index in [2.05, 4.69) is 12.6 Å². The number of methoxy groups -OCH3 is 1. The van der Waals surface area contributed by atoms with Gasteiger partial charge in [-0.1, -0.05) is 18.2 Å². The zero-order valence-corrected chi connectivity index (χ0v) is 9.81. The molecule has 16 heavy (non-hydrogen) atoms. The molecule has 5 heteroatoms. The Morgan fingerprint density at radius 1 is 1.56 bits per heavy atom. The molecule has 0 unspecified atom stereocenters. The lowest BCUT2D eigenvalue weighted by molar-refractivity contribution is -0.385. The molecule has 0 N–H and O–H groups in total. The van der Waals surface area contributed by atoms with Crippen molar-refractivity contribution in [3.63, 3.8) is 0 Å². The Labute approximate surface area is 99.5 Å². The van der Waals surface area contributed by atoms with E-state index in [1.54, 1.807) is 12.1 Å². The molecule has 0 amide bonds. The first-order valence-corrected chi connectivity index (χ1v) is 5.42. The van der Waals surface area contributed by atoms with E-state index < -0.39 is 4.92 Å². The average molecular weight is 239 g/mol. The number of rotatable bonds is 5. The van der Waals surface area contributed by atoms with E-state index in [1.165, 1.54) is 13.2 Å². The zero-order chi connectivity index (χ0) is 12.0. The number of hydrogen-bond donors (Lipinski definition) is 1. The maximum Gasteiger partial charge on any atom is 0.311 e. The van der Waals surface area contributed by atoms with E-state index in [9.17, 15) is 10.1 Å². The van der Waals surface area contributed by atoms with Crippen LogP contribution in [0.15, 0.2) is 24.3 Å². The summed E-state index contributed by atoms with van der Waals surface area (Å²) in [7, 11) is 1.42.